The van der Waals surface area contributed by atoms with Crippen LogP contribution in [0.15, 0.2) is 72.8 Å². The summed E-state index contributed by atoms with van der Waals surface area (Å²) in [5.74, 6) is 1.49. The number of urea groups is 1. The van der Waals surface area contributed by atoms with Gasteiger partial charge in [0.1, 0.15) is 0 Å². The Hall–Kier alpha value is -4.00. The first kappa shape index (κ1) is 21.8. The number of anilines is 1. The Morgan fingerprint density at radius 2 is 1.79 bits per heavy atom. The molecule has 0 saturated carbocycles. The van der Waals surface area contributed by atoms with Crippen LogP contribution in [0.4, 0.5) is 10.5 Å². The Kier molecular flexibility index (Phi) is 6.33. The third-order valence-corrected chi connectivity index (χ3v) is 6.24. The van der Waals surface area contributed by atoms with E-state index in [1.165, 1.54) is 0 Å². The molecule has 174 valence electrons. The van der Waals surface area contributed by atoms with E-state index in [1.54, 1.807) is 0 Å². The number of likely N-dealkylation sites (tertiary alicyclic amines) is 1. The fourth-order valence-corrected chi connectivity index (χ4v) is 4.43. The lowest BCUT2D eigenvalue weighted by molar-refractivity contribution is 0.0950. The lowest BCUT2D eigenvalue weighted by Crippen LogP contribution is -2.41. The molecule has 2 N–H and O–H groups in total. The van der Waals surface area contributed by atoms with E-state index in [0.29, 0.717) is 24.4 Å². The largest absolute Gasteiger partial charge is 0.454 e. The van der Waals surface area contributed by atoms with Crippen LogP contribution in [0.25, 0.3) is 0 Å². The van der Waals surface area contributed by atoms with Gasteiger partial charge in [-0.1, -0.05) is 36.4 Å². The molecule has 5 rings (SSSR count). The van der Waals surface area contributed by atoms with Crippen molar-refractivity contribution < 1.29 is 19.1 Å². The van der Waals surface area contributed by atoms with Crippen LogP contribution >= 0.6 is 0 Å². The van der Waals surface area contributed by atoms with Crippen molar-refractivity contribution in [2.45, 2.75) is 25.3 Å². The van der Waals surface area contributed by atoms with Gasteiger partial charge in [0.15, 0.2) is 11.5 Å². The van der Waals surface area contributed by atoms with Gasteiger partial charge in [-0.3, -0.25) is 4.79 Å². The van der Waals surface area contributed by atoms with Gasteiger partial charge in [0.2, 0.25) is 6.79 Å². The number of amides is 3. The number of para-hydroxylation sites is 1. The molecule has 1 atom stereocenters. The highest BCUT2D eigenvalue weighted by Gasteiger charge is 2.25. The molecule has 0 unspecified atom stereocenters. The van der Waals surface area contributed by atoms with E-state index in [9.17, 15) is 9.59 Å². The van der Waals surface area contributed by atoms with Gasteiger partial charge in [0.05, 0.1) is 0 Å². The van der Waals surface area contributed by atoms with Gasteiger partial charge in [0.25, 0.3) is 5.91 Å². The minimum atomic E-state index is -0.131. The second-order valence-electron chi connectivity index (χ2n) is 8.58. The second kappa shape index (κ2) is 9.87. The first-order chi connectivity index (χ1) is 16.7. The lowest BCUT2D eigenvalue weighted by Gasteiger charge is -2.33. The Balaban J connectivity index is 1.20. The molecule has 1 saturated heterocycles. The van der Waals surface area contributed by atoms with Gasteiger partial charge < -0.3 is 25.0 Å². The topological polar surface area (TPSA) is 79.9 Å². The van der Waals surface area contributed by atoms with Crippen LogP contribution in [0.2, 0.25) is 0 Å². The molecule has 3 aromatic carbocycles. The van der Waals surface area contributed by atoms with E-state index in [0.717, 1.165) is 42.0 Å². The predicted octanol–water partition coefficient (Wildman–Crippen LogP) is 4.76. The van der Waals surface area contributed by atoms with E-state index < -0.39 is 0 Å². The van der Waals surface area contributed by atoms with Crippen molar-refractivity contribution in [1.29, 1.82) is 0 Å². The van der Waals surface area contributed by atoms with Gasteiger partial charge >= 0.3 is 6.03 Å². The van der Waals surface area contributed by atoms with Crippen LogP contribution in [0.1, 0.15) is 40.2 Å². The number of carbonyl (C=O) groups excluding carboxylic acids is 2. The first-order valence-corrected chi connectivity index (χ1v) is 11.5. The van der Waals surface area contributed by atoms with Crippen LogP contribution in [0.5, 0.6) is 11.5 Å². The highest BCUT2D eigenvalue weighted by molar-refractivity contribution is 5.94. The number of rotatable bonds is 5. The molecule has 2 heterocycles. The third kappa shape index (κ3) is 4.98. The molecule has 0 aliphatic carbocycles. The molecule has 0 bridgehead atoms. The minimum absolute atomic E-state index is 0.0893. The summed E-state index contributed by atoms with van der Waals surface area (Å²) < 4.78 is 10.7. The first-order valence-electron chi connectivity index (χ1n) is 11.5. The van der Waals surface area contributed by atoms with Gasteiger partial charge in [-0.2, -0.15) is 0 Å². The van der Waals surface area contributed by atoms with Crippen molar-refractivity contribution in [2.75, 3.05) is 25.2 Å². The number of nitrogens with one attached hydrogen (secondary N) is 2. The maximum atomic E-state index is 12.8. The molecule has 1 fully saturated rings. The second-order valence-corrected chi connectivity index (χ2v) is 8.58. The van der Waals surface area contributed by atoms with Crippen LogP contribution in [-0.2, 0) is 6.54 Å². The molecule has 2 aliphatic rings. The number of ether oxygens (including phenoxy) is 2. The number of carbonyl (C=O) groups is 2. The molecular weight excluding hydrogens is 430 g/mol. The number of piperidine rings is 1. The lowest BCUT2D eigenvalue weighted by atomic mass is 9.89. The highest BCUT2D eigenvalue weighted by atomic mass is 16.7. The Morgan fingerprint density at radius 1 is 0.941 bits per heavy atom. The summed E-state index contributed by atoms with van der Waals surface area (Å²) in [5, 5.41) is 5.95. The van der Waals surface area contributed by atoms with Crippen molar-refractivity contribution in [3.8, 4) is 11.5 Å². The maximum absolute atomic E-state index is 12.8. The summed E-state index contributed by atoms with van der Waals surface area (Å²) in [5.41, 5.74) is 3.42. The molecule has 7 nitrogen and oxygen atoms in total. The SMILES string of the molecule is O=C(NCc1ccc2c(c1)OCO2)c1cccc([C@@H]2CCCN(C(=O)Nc3ccccc3)C2)c1. The van der Waals surface area contributed by atoms with Crippen molar-refractivity contribution in [2.24, 2.45) is 0 Å². The minimum Gasteiger partial charge on any atom is -0.454 e. The molecule has 7 heteroatoms. The zero-order valence-corrected chi connectivity index (χ0v) is 18.8. The molecule has 3 aromatic rings. The van der Waals surface area contributed by atoms with Crippen molar-refractivity contribution >= 4 is 17.6 Å². The summed E-state index contributed by atoms with van der Waals surface area (Å²) in [7, 11) is 0. The Morgan fingerprint density at radius 3 is 2.68 bits per heavy atom. The zero-order chi connectivity index (χ0) is 23.3. The summed E-state index contributed by atoms with van der Waals surface area (Å²) in [6.45, 7) is 1.98. The number of benzene rings is 3. The average Bonchev–Trinajstić information content (AvgIpc) is 3.36. The summed E-state index contributed by atoms with van der Waals surface area (Å²) in [6.07, 6.45) is 1.91. The molecule has 2 aliphatic heterocycles. The third-order valence-electron chi connectivity index (χ3n) is 6.24. The van der Waals surface area contributed by atoms with E-state index >= 15 is 0 Å². The number of nitrogens with zero attached hydrogens (tertiary/aromatic N) is 1. The normalized spacial score (nSPS) is 16.7. The standard InChI is InChI=1S/C27H27N3O4/c31-26(28-16-19-11-12-24-25(14-19)34-18-33-24)21-7-4-6-20(15-21)22-8-5-13-30(17-22)27(32)29-23-9-2-1-3-10-23/h1-4,6-7,9-12,14-15,22H,5,8,13,16-18H2,(H,28,31)(H,29,32)/t22-/m1/s1. The van der Waals surface area contributed by atoms with Crippen molar-refractivity contribution in [3.05, 3.63) is 89.5 Å². The Labute approximate surface area is 198 Å². The van der Waals surface area contributed by atoms with Gasteiger partial charge in [-0.05, 0) is 60.4 Å². The van der Waals surface area contributed by atoms with E-state index in [4.69, 9.17) is 9.47 Å². The highest BCUT2D eigenvalue weighted by Crippen LogP contribution is 2.32. The number of hydrogen-bond donors (Lipinski definition) is 2. The van der Waals surface area contributed by atoms with E-state index in [2.05, 4.69) is 10.6 Å². The fraction of sp³-hybridized carbons (Fsp3) is 0.259. The molecule has 3 amide bonds. The summed E-state index contributed by atoms with van der Waals surface area (Å²) in [4.78, 5) is 27.4. The van der Waals surface area contributed by atoms with Gasteiger partial charge in [0, 0.05) is 36.8 Å². The van der Waals surface area contributed by atoms with Gasteiger partial charge in [-0.15, -0.1) is 0 Å². The zero-order valence-electron chi connectivity index (χ0n) is 18.8. The molecular formula is C27H27N3O4. The summed E-state index contributed by atoms with van der Waals surface area (Å²) in [6, 6.07) is 22.8. The predicted molar refractivity (Wildman–Crippen MR) is 129 cm³/mol. The maximum Gasteiger partial charge on any atom is 0.321 e. The summed E-state index contributed by atoms with van der Waals surface area (Å²) >= 11 is 0. The Bertz CT molecular complexity index is 1180. The van der Waals surface area contributed by atoms with Crippen LogP contribution in [0.3, 0.4) is 0 Å². The molecule has 34 heavy (non-hydrogen) atoms. The smallest absolute Gasteiger partial charge is 0.321 e. The monoisotopic (exact) mass is 457 g/mol. The fourth-order valence-electron chi connectivity index (χ4n) is 4.43. The van der Waals surface area contributed by atoms with Crippen LogP contribution < -0.4 is 20.1 Å². The molecule has 0 aromatic heterocycles. The van der Waals surface area contributed by atoms with E-state index in [1.807, 2.05) is 77.7 Å². The number of fused-ring (bicyclic) bond motifs is 1. The molecule has 0 radical (unpaired) electrons. The van der Waals surface area contributed by atoms with Crippen LogP contribution in [0, 0.1) is 0 Å². The van der Waals surface area contributed by atoms with Crippen molar-refractivity contribution in [1.82, 2.24) is 10.2 Å². The quantitative estimate of drug-likeness (QED) is 0.579. The van der Waals surface area contributed by atoms with Crippen molar-refractivity contribution in [3.63, 3.8) is 0 Å². The average molecular weight is 458 g/mol. The van der Waals surface area contributed by atoms with E-state index in [-0.39, 0.29) is 24.6 Å². The molecule has 0 spiro atoms. The number of hydrogen-bond acceptors (Lipinski definition) is 4. The van der Waals surface area contributed by atoms with Crippen LogP contribution in [-0.4, -0.2) is 36.7 Å². The van der Waals surface area contributed by atoms with Gasteiger partial charge in [-0.25, -0.2) is 4.79 Å².